The summed E-state index contributed by atoms with van der Waals surface area (Å²) in [6.07, 6.45) is 62.9. The van der Waals surface area contributed by atoms with Gasteiger partial charge in [-0.25, -0.2) is 0 Å². The third-order valence-corrected chi connectivity index (χ3v) is 18.6. The molecule has 0 aliphatic carbocycles. The van der Waals surface area contributed by atoms with E-state index in [1.54, 1.807) is 13.8 Å². The highest BCUT2D eigenvalue weighted by Crippen LogP contribution is 2.20. The monoisotopic (exact) mass is 1440 g/mol. The molecule has 0 heterocycles. The average Bonchev–Trinajstić information content (AvgIpc) is 1.24. The maximum atomic E-state index is 12.6. The molecule has 588 valence electrons. The molecule has 0 aromatic carbocycles. The lowest BCUT2D eigenvalue weighted by atomic mass is 10.0. The maximum Gasteiger partial charge on any atom is 0.307 e. The minimum Gasteiger partial charge on any atom is -0.481 e. The number of unbranched alkanes of at least 4 members (excludes halogenated alkanes) is 48. The molecule has 0 saturated heterocycles. The summed E-state index contributed by atoms with van der Waals surface area (Å²) in [5.41, 5.74) is 0. The van der Waals surface area contributed by atoms with Crippen LogP contribution in [0.5, 0.6) is 0 Å². The summed E-state index contributed by atoms with van der Waals surface area (Å²) >= 11 is 5.44. The Kier molecular flexibility index (Phi) is 76.2. The molecular formula is C83H153ClO16. The van der Waals surface area contributed by atoms with E-state index in [1.807, 2.05) is 0 Å². The van der Waals surface area contributed by atoms with E-state index in [-0.39, 0.29) is 88.0 Å². The lowest BCUT2D eigenvalue weighted by Gasteiger charge is -2.19. The molecule has 0 radical (unpaired) electrons. The van der Waals surface area contributed by atoms with Gasteiger partial charge in [-0.2, -0.15) is 0 Å². The summed E-state index contributed by atoms with van der Waals surface area (Å²) < 4.78 is 37.4. The van der Waals surface area contributed by atoms with Crippen LogP contribution in [-0.2, 0) is 71.5 Å². The van der Waals surface area contributed by atoms with Gasteiger partial charge in [0, 0.05) is 51.4 Å². The Bertz CT molecular complexity index is 1810. The third kappa shape index (κ3) is 76.7. The molecule has 0 saturated carbocycles. The van der Waals surface area contributed by atoms with Gasteiger partial charge in [0.15, 0.2) is 18.3 Å². The molecule has 0 fully saturated rings. The van der Waals surface area contributed by atoms with Crippen molar-refractivity contribution in [2.45, 2.75) is 439 Å². The van der Waals surface area contributed by atoms with Crippen molar-refractivity contribution in [3.63, 3.8) is 0 Å². The number of hydrogen-bond acceptors (Lipinski definition) is 15. The van der Waals surface area contributed by atoms with Gasteiger partial charge in [-0.3, -0.25) is 38.4 Å². The van der Waals surface area contributed by atoms with Crippen LogP contribution in [0.25, 0.3) is 0 Å². The zero-order valence-electron chi connectivity index (χ0n) is 65.2. The molecule has 1 N–H and O–H groups in total. The molecule has 2 unspecified atom stereocenters. The van der Waals surface area contributed by atoms with Crippen molar-refractivity contribution in [1.82, 2.24) is 0 Å². The molecule has 0 bridgehead atoms. The van der Waals surface area contributed by atoms with Crippen molar-refractivity contribution in [2.24, 2.45) is 11.8 Å². The number of hydrogen-bond donors (Lipinski definition) is 1. The van der Waals surface area contributed by atoms with E-state index in [4.69, 9.17) is 49.9 Å². The number of carboxylic acid groups (broad SMARTS) is 1. The van der Waals surface area contributed by atoms with E-state index < -0.39 is 42.0 Å². The summed E-state index contributed by atoms with van der Waals surface area (Å²) in [4.78, 5) is 97.4. The molecule has 0 spiro atoms. The van der Waals surface area contributed by atoms with E-state index in [1.165, 1.54) is 257 Å². The predicted octanol–water partition coefficient (Wildman–Crippen LogP) is 23.6. The third-order valence-electron chi connectivity index (χ3n) is 18.5. The Morgan fingerprint density at radius 2 is 0.430 bits per heavy atom. The van der Waals surface area contributed by atoms with Crippen molar-refractivity contribution >= 4 is 59.4 Å². The lowest BCUT2D eigenvalue weighted by Crippen LogP contribution is -2.31. The van der Waals surface area contributed by atoms with Gasteiger partial charge in [-0.05, 0) is 37.5 Å². The molecule has 0 rings (SSSR count). The van der Waals surface area contributed by atoms with Gasteiger partial charge in [0.2, 0.25) is 0 Å². The van der Waals surface area contributed by atoms with Crippen LogP contribution in [-0.4, -0.2) is 97.6 Å². The van der Waals surface area contributed by atoms with Crippen LogP contribution in [0.15, 0.2) is 0 Å². The first-order valence-electron chi connectivity index (χ1n) is 41.5. The number of ether oxygens (including phenoxy) is 7. The largest absolute Gasteiger partial charge is 0.481 e. The van der Waals surface area contributed by atoms with Gasteiger partial charge >= 0.3 is 47.8 Å². The number of halogens is 1. The fourth-order valence-corrected chi connectivity index (χ4v) is 12.4. The van der Waals surface area contributed by atoms with Crippen LogP contribution in [0, 0.1) is 11.8 Å². The van der Waals surface area contributed by atoms with Crippen molar-refractivity contribution < 1.29 is 76.6 Å². The summed E-state index contributed by atoms with van der Waals surface area (Å²) in [5, 5.41) is 8.99. The van der Waals surface area contributed by atoms with Crippen molar-refractivity contribution in [3.05, 3.63) is 0 Å². The molecule has 0 aliphatic heterocycles. The number of rotatable bonds is 75. The van der Waals surface area contributed by atoms with E-state index >= 15 is 0 Å². The number of aliphatic carboxylic acids is 1. The minimum absolute atomic E-state index is 0.0225. The lowest BCUT2D eigenvalue weighted by molar-refractivity contribution is -0.167. The fraction of sp³-hybridized carbons (Fsp3) is 0.904. The number of alkyl halides is 1. The summed E-state index contributed by atoms with van der Waals surface area (Å²) in [6, 6.07) is -0.243. The van der Waals surface area contributed by atoms with Crippen LogP contribution in [0.3, 0.4) is 0 Å². The van der Waals surface area contributed by atoms with Crippen molar-refractivity contribution in [3.8, 4) is 0 Å². The molecule has 0 aromatic heterocycles. The second-order valence-electron chi connectivity index (χ2n) is 29.0. The minimum atomic E-state index is -0.985. The van der Waals surface area contributed by atoms with Crippen LogP contribution in [0.2, 0.25) is 0 Å². The molecule has 17 heteroatoms. The van der Waals surface area contributed by atoms with Crippen LogP contribution < -0.4 is 0 Å². The van der Waals surface area contributed by atoms with Crippen molar-refractivity contribution in [1.29, 1.82) is 0 Å². The van der Waals surface area contributed by atoms with Crippen LogP contribution >= 0.6 is 11.6 Å². The van der Waals surface area contributed by atoms with Crippen LogP contribution in [0.1, 0.15) is 427 Å². The Morgan fingerprint density at radius 3 is 0.620 bits per heavy atom. The Morgan fingerprint density at radius 1 is 0.250 bits per heavy atom. The van der Waals surface area contributed by atoms with E-state index in [9.17, 15) is 38.4 Å². The molecule has 0 aliphatic rings. The average molecular weight is 1440 g/mol. The molecule has 16 nitrogen and oxygen atoms in total. The summed E-state index contributed by atoms with van der Waals surface area (Å²) in [5.74, 6) is -4.79. The molecule has 100 heavy (non-hydrogen) atoms. The second kappa shape index (κ2) is 77.7. The first kappa shape index (κ1) is 98.1. The zero-order chi connectivity index (χ0) is 73.8. The van der Waals surface area contributed by atoms with Gasteiger partial charge in [-0.15, -0.1) is 0 Å². The normalized spacial score (nSPS) is 11.8. The number of carbonyl (C=O) groups is 8. The van der Waals surface area contributed by atoms with Gasteiger partial charge in [0.05, 0.1) is 0 Å². The van der Waals surface area contributed by atoms with Gasteiger partial charge in [0.25, 0.3) is 0 Å². The topological polar surface area (TPSA) is 221 Å². The Hall–Kier alpha value is -3.95. The standard InChI is InChI=1S/C42H77ClO8.C41H76O8/c1-4-6-8-10-12-14-16-18-20-22-24-26-28-30-39(44)48-34-38(51-42(47)33-37(3)32-41(46)50-36-43)35-49-40(45)31-29-27-25-23-21-19-17-15-13-11-9-7-5-2;1-4-6-8-10-12-14-16-18-20-22-24-26-28-30-39(44)47-34-37(49-41(46)33-36(3)32-38(42)43)35-48-40(45)31-29-27-25-23-21-19-17-15-13-11-9-7-5-2/h37-38H,4-36H2,1-3H3;36-37H,4-35H2,1-3H3,(H,42,43). The summed E-state index contributed by atoms with van der Waals surface area (Å²) in [6.45, 7) is 11.6. The molecule has 2 atom stereocenters. The van der Waals surface area contributed by atoms with Gasteiger partial charge < -0.3 is 38.3 Å². The Labute approximate surface area is 616 Å². The van der Waals surface area contributed by atoms with Crippen molar-refractivity contribution in [2.75, 3.05) is 32.5 Å². The number of carbonyl (C=O) groups excluding carboxylic acids is 7. The smallest absolute Gasteiger partial charge is 0.307 e. The fourth-order valence-electron chi connectivity index (χ4n) is 12.3. The summed E-state index contributed by atoms with van der Waals surface area (Å²) in [7, 11) is 0. The highest BCUT2D eigenvalue weighted by atomic mass is 35.5. The van der Waals surface area contributed by atoms with E-state index in [0.717, 1.165) is 77.0 Å². The molecular weight excluding hydrogens is 1290 g/mol. The van der Waals surface area contributed by atoms with E-state index in [0.29, 0.717) is 25.7 Å². The predicted molar refractivity (Wildman–Crippen MR) is 406 cm³/mol. The quantitative estimate of drug-likeness (QED) is 0.0259. The second-order valence-corrected chi connectivity index (χ2v) is 29.2. The van der Waals surface area contributed by atoms with Gasteiger partial charge in [0.1, 0.15) is 26.4 Å². The highest BCUT2D eigenvalue weighted by Gasteiger charge is 2.24. The van der Waals surface area contributed by atoms with Crippen LogP contribution in [0.4, 0.5) is 0 Å². The van der Waals surface area contributed by atoms with E-state index in [2.05, 4.69) is 27.7 Å². The first-order valence-corrected chi connectivity index (χ1v) is 42.1. The zero-order valence-corrected chi connectivity index (χ0v) is 66.0. The SMILES string of the molecule is CCCCCCCCCCCCCCCC(=O)OCC(COC(=O)CCCCCCCCCCCCCCC)OC(=O)CC(C)CC(=O)O.CCCCCCCCCCCCCCCC(=O)OCC(COC(=O)CCCCCCCCCCCCCCC)OC(=O)CC(C)CC(=O)OCCl. The Balaban J connectivity index is 0. The number of esters is 7. The molecule has 0 amide bonds. The molecule has 0 aromatic rings. The maximum absolute atomic E-state index is 12.6. The highest BCUT2D eigenvalue weighted by molar-refractivity contribution is 6.17. The van der Waals surface area contributed by atoms with Gasteiger partial charge in [-0.1, -0.05) is 361 Å². The number of carboxylic acids is 1. The first-order chi connectivity index (χ1) is 48.6.